The van der Waals surface area contributed by atoms with E-state index in [1.165, 1.54) is 27.9 Å². The summed E-state index contributed by atoms with van der Waals surface area (Å²) < 4.78 is 5.47. The Hall–Kier alpha value is -2.92. The zero-order valence-corrected chi connectivity index (χ0v) is 18.1. The van der Waals surface area contributed by atoms with Gasteiger partial charge in [0.15, 0.2) is 0 Å². The predicted molar refractivity (Wildman–Crippen MR) is 126 cm³/mol. The lowest BCUT2D eigenvalue weighted by Gasteiger charge is -2.37. The molecule has 5 rings (SSSR count). The van der Waals surface area contributed by atoms with Gasteiger partial charge < -0.3 is 19.3 Å². The minimum Gasteiger partial charge on any atom is -0.378 e. The summed E-state index contributed by atoms with van der Waals surface area (Å²) in [6.45, 7) is 7.36. The maximum absolute atomic E-state index is 11.4. The number of piperidine rings is 1. The monoisotopic (exact) mass is 415 g/mol. The van der Waals surface area contributed by atoms with Gasteiger partial charge in [-0.1, -0.05) is 19.1 Å². The van der Waals surface area contributed by atoms with Gasteiger partial charge in [0.05, 0.1) is 18.7 Å². The SMILES string of the molecule is CC1(C=O)CCN(c2ccc3nccc(-c4ccc(N5CCOCC5)cc4)c3c2)CC1. The van der Waals surface area contributed by atoms with Crippen LogP contribution >= 0.6 is 0 Å². The van der Waals surface area contributed by atoms with E-state index in [0.29, 0.717) is 0 Å². The van der Waals surface area contributed by atoms with Crippen molar-refractivity contribution in [3.8, 4) is 11.1 Å². The first-order chi connectivity index (χ1) is 15.1. The molecule has 2 aliphatic rings. The molecule has 3 heterocycles. The average Bonchev–Trinajstić information content (AvgIpc) is 2.84. The molecule has 0 unspecified atom stereocenters. The molecule has 0 aliphatic carbocycles. The van der Waals surface area contributed by atoms with Crippen molar-refractivity contribution in [2.75, 3.05) is 49.2 Å². The summed E-state index contributed by atoms with van der Waals surface area (Å²) in [4.78, 5) is 20.8. The number of aldehydes is 1. The van der Waals surface area contributed by atoms with Crippen molar-refractivity contribution in [1.29, 1.82) is 0 Å². The number of nitrogens with zero attached hydrogens (tertiary/aromatic N) is 3. The molecule has 5 nitrogen and oxygen atoms in total. The third kappa shape index (κ3) is 4.02. The van der Waals surface area contributed by atoms with Crippen molar-refractivity contribution in [3.05, 3.63) is 54.7 Å². The lowest BCUT2D eigenvalue weighted by molar-refractivity contribution is -0.116. The van der Waals surface area contributed by atoms with Crippen LogP contribution in [0, 0.1) is 5.41 Å². The number of anilines is 2. The summed E-state index contributed by atoms with van der Waals surface area (Å²) >= 11 is 0. The molecule has 2 aliphatic heterocycles. The van der Waals surface area contributed by atoms with Crippen LogP contribution in [0.1, 0.15) is 19.8 Å². The molecule has 5 heteroatoms. The lowest BCUT2D eigenvalue weighted by Crippen LogP contribution is -2.39. The minimum absolute atomic E-state index is 0.178. The molecule has 0 bridgehead atoms. The molecule has 0 amide bonds. The smallest absolute Gasteiger partial charge is 0.125 e. The minimum atomic E-state index is -0.178. The molecule has 0 N–H and O–H groups in total. The quantitative estimate of drug-likeness (QED) is 0.585. The Balaban J connectivity index is 1.44. The van der Waals surface area contributed by atoms with Crippen LogP contribution in [0.15, 0.2) is 54.7 Å². The standard InChI is InChI=1S/C26H29N3O2/c1-26(19-30)9-12-28(13-10-26)22-6-7-25-24(18-22)23(8-11-27-25)20-2-4-21(5-3-20)29-14-16-31-17-15-29/h2-8,11,18-19H,9-10,12-17H2,1H3. The first-order valence-electron chi connectivity index (χ1n) is 11.2. The van der Waals surface area contributed by atoms with Gasteiger partial charge in [-0.25, -0.2) is 0 Å². The number of benzene rings is 2. The Morgan fingerprint density at radius 1 is 0.903 bits per heavy atom. The van der Waals surface area contributed by atoms with Gasteiger partial charge in [0.25, 0.3) is 0 Å². The summed E-state index contributed by atoms with van der Waals surface area (Å²) in [5, 5.41) is 1.17. The Labute approximate surface area is 183 Å². The summed E-state index contributed by atoms with van der Waals surface area (Å²) in [6.07, 6.45) is 4.83. The fourth-order valence-corrected chi connectivity index (χ4v) is 4.65. The van der Waals surface area contributed by atoms with Crippen LogP contribution in [-0.2, 0) is 9.53 Å². The van der Waals surface area contributed by atoms with Crippen molar-refractivity contribution in [1.82, 2.24) is 4.98 Å². The number of carbonyl (C=O) groups is 1. The van der Waals surface area contributed by atoms with Crippen LogP contribution in [0.4, 0.5) is 11.4 Å². The molecule has 0 spiro atoms. The van der Waals surface area contributed by atoms with Crippen molar-refractivity contribution in [2.24, 2.45) is 5.41 Å². The van der Waals surface area contributed by atoms with Gasteiger partial charge in [0.1, 0.15) is 6.29 Å². The second-order valence-electron chi connectivity index (χ2n) is 8.97. The number of ether oxygens (including phenoxy) is 1. The highest BCUT2D eigenvalue weighted by atomic mass is 16.5. The molecule has 1 aromatic heterocycles. The van der Waals surface area contributed by atoms with E-state index >= 15 is 0 Å². The van der Waals surface area contributed by atoms with Crippen LogP contribution < -0.4 is 9.80 Å². The number of pyridine rings is 1. The molecule has 0 saturated carbocycles. The molecule has 2 saturated heterocycles. The zero-order valence-electron chi connectivity index (χ0n) is 18.1. The van der Waals surface area contributed by atoms with Crippen molar-refractivity contribution < 1.29 is 9.53 Å². The van der Waals surface area contributed by atoms with Gasteiger partial charge in [-0.05, 0) is 60.4 Å². The van der Waals surface area contributed by atoms with Crippen molar-refractivity contribution >= 4 is 28.6 Å². The van der Waals surface area contributed by atoms with E-state index < -0.39 is 0 Å². The topological polar surface area (TPSA) is 45.7 Å². The van der Waals surface area contributed by atoms with Gasteiger partial charge in [-0.3, -0.25) is 4.98 Å². The Bertz CT molecular complexity index is 1070. The highest BCUT2D eigenvalue weighted by Gasteiger charge is 2.29. The third-order valence-electron chi connectivity index (χ3n) is 6.84. The molecule has 3 aromatic rings. The Morgan fingerprint density at radius 3 is 2.29 bits per heavy atom. The second kappa shape index (κ2) is 8.31. The predicted octanol–water partition coefficient (Wildman–Crippen LogP) is 4.54. The number of rotatable bonds is 4. The molecular formula is C26H29N3O2. The molecule has 160 valence electrons. The first-order valence-corrected chi connectivity index (χ1v) is 11.2. The number of hydrogen-bond donors (Lipinski definition) is 0. The molecule has 0 radical (unpaired) electrons. The van der Waals surface area contributed by atoms with Gasteiger partial charge in [-0.15, -0.1) is 0 Å². The van der Waals surface area contributed by atoms with E-state index in [2.05, 4.69) is 70.2 Å². The average molecular weight is 416 g/mol. The number of carbonyl (C=O) groups excluding carboxylic acids is 1. The van der Waals surface area contributed by atoms with E-state index in [0.717, 1.165) is 64.0 Å². The first kappa shape index (κ1) is 20.0. The third-order valence-corrected chi connectivity index (χ3v) is 6.84. The van der Waals surface area contributed by atoms with Gasteiger partial charge in [0.2, 0.25) is 0 Å². The zero-order chi connectivity index (χ0) is 21.3. The van der Waals surface area contributed by atoms with E-state index in [1.807, 2.05) is 6.20 Å². The van der Waals surface area contributed by atoms with Gasteiger partial charge >= 0.3 is 0 Å². The van der Waals surface area contributed by atoms with E-state index in [9.17, 15) is 4.79 Å². The summed E-state index contributed by atoms with van der Waals surface area (Å²) in [7, 11) is 0. The summed E-state index contributed by atoms with van der Waals surface area (Å²) in [5.41, 5.74) is 5.69. The maximum atomic E-state index is 11.4. The highest BCUT2D eigenvalue weighted by molar-refractivity contribution is 5.96. The van der Waals surface area contributed by atoms with Crippen LogP contribution in [0.5, 0.6) is 0 Å². The highest BCUT2D eigenvalue weighted by Crippen LogP contribution is 2.35. The summed E-state index contributed by atoms with van der Waals surface area (Å²) in [6, 6.07) is 17.5. The summed E-state index contributed by atoms with van der Waals surface area (Å²) in [5.74, 6) is 0. The Kier molecular flexibility index (Phi) is 5.36. The normalized spacial score (nSPS) is 18.9. The van der Waals surface area contributed by atoms with Gasteiger partial charge in [-0.2, -0.15) is 0 Å². The van der Waals surface area contributed by atoms with Gasteiger partial charge in [0, 0.05) is 54.6 Å². The largest absolute Gasteiger partial charge is 0.378 e. The number of morpholine rings is 1. The van der Waals surface area contributed by atoms with Crippen LogP contribution in [-0.4, -0.2) is 50.7 Å². The molecule has 2 aromatic carbocycles. The van der Waals surface area contributed by atoms with Crippen LogP contribution in [0.25, 0.3) is 22.0 Å². The molecule has 2 fully saturated rings. The number of aromatic nitrogens is 1. The van der Waals surface area contributed by atoms with Crippen molar-refractivity contribution in [3.63, 3.8) is 0 Å². The number of fused-ring (bicyclic) bond motifs is 1. The fourth-order valence-electron chi connectivity index (χ4n) is 4.65. The second-order valence-corrected chi connectivity index (χ2v) is 8.97. The van der Waals surface area contributed by atoms with Crippen LogP contribution in [0.3, 0.4) is 0 Å². The van der Waals surface area contributed by atoms with Crippen LogP contribution in [0.2, 0.25) is 0 Å². The Morgan fingerprint density at radius 2 is 1.58 bits per heavy atom. The number of hydrogen-bond acceptors (Lipinski definition) is 5. The molecular weight excluding hydrogens is 386 g/mol. The van der Waals surface area contributed by atoms with E-state index in [4.69, 9.17) is 4.74 Å². The maximum Gasteiger partial charge on any atom is 0.125 e. The molecule has 31 heavy (non-hydrogen) atoms. The fraction of sp³-hybridized carbons (Fsp3) is 0.385. The lowest BCUT2D eigenvalue weighted by atomic mass is 9.82. The van der Waals surface area contributed by atoms with Crippen molar-refractivity contribution in [2.45, 2.75) is 19.8 Å². The van der Waals surface area contributed by atoms with E-state index in [-0.39, 0.29) is 5.41 Å². The van der Waals surface area contributed by atoms with E-state index in [1.54, 1.807) is 0 Å². The molecule has 0 atom stereocenters.